The maximum Gasteiger partial charge on any atom is 0.0812 e. The van der Waals surface area contributed by atoms with Crippen molar-refractivity contribution in [3.05, 3.63) is 0 Å². The third-order valence-electron chi connectivity index (χ3n) is 0.442. The average Bonchev–Trinajstić information content (AvgIpc) is 1.35. The second-order valence-electron chi connectivity index (χ2n) is 1.09. The summed E-state index contributed by atoms with van der Waals surface area (Å²) in [5, 5.41) is 0. The molecule has 0 aliphatic rings. The molecule has 1 atom stereocenters. The Morgan fingerprint density at radius 2 is 2.00 bits per heavy atom. The molecular formula is C3H10Cl2N2. The van der Waals surface area contributed by atoms with E-state index in [1.54, 1.807) is 0 Å². The van der Waals surface area contributed by atoms with Crippen LogP contribution in [0.1, 0.15) is 6.42 Å². The smallest absolute Gasteiger partial charge is 0.0812 e. The normalized spacial score (nSPS) is 12.4. The molecule has 1 unspecified atom stereocenters. The quantitative estimate of drug-likeness (QED) is 0.433. The van der Waals surface area contributed by atoms with E-state index in [9.17, 15) is 0 Å². The summed E-state index contributed by atoms with van der Waals surface area (Å²) in [6.07, 6.45) is 0.696. The molecule has 0 saturated heterocycles. The van der Waals surface area contributed by atoms with Crippen molar-refractivity contribution >= 4 is 24.0 Å². The number of rotatable bonds is 2. The van der Waals surface area contributed by atoms with Crippen LogP contribution in [0, 0.1) is 0 Å². The highest BCUT2D eigenvalue weighted by Gasteiger charge is 1.88. The minimum atomic E-state index is -0.255. The van der Waals surface area contributed by atoms with Gasteiger partial charge in [0.15, 0.2) is 0 Å². The van der Waals surface area contributed by atoms with Gasteiger partial charge in [0.25, 0.3) is 0 Å². The second kappa shape index (κ2) is 6.50. The van der Waals surface area contributed by atoms with Crippen LogP contribution in [0.15, 0.2) is 0 Å². The fourth-order valence-corrected chi connectivity index (χ4v) is 0.285. The third kappa shape index (κ3) is 10.7. The van der Waals surface area contributed by atoms with Crippen LogP contribution in [0.4, 0.5) is 0 Å². The predicted molar refractivity (Wildman–Crippen MR) is 34.7 cm³/mol. The minimum Gasteiger partial charge on any atom is -0.330 e. The highest BCUT2D eigenvalue weighted by atomic mass is 35.5. The molecule has 0 aliphatic heterocycles. The highest BCUT2D eigenvalue weighted by Crippen LogP contribution is 1.87. The first kappa shape index (κ1) is 10.5. The van der Waals surface area contributed by atoms with Crippen molar-refractivity contribution in [2.24, 2.45) is 11.5 Å². The van der Waals surface area contributed by atoms with Crippen molar-refractivity contribution in [1.29, 1.82) is 0 Å². The molecule has 0 aromatic carbocycles. The van der Waals surface area contributed by atoms with Gasteiger partial charge in [-0.3, -0.25) is 0 Å². The molecule has 0 amide bonds. The summed E-state index contributed by atoms with van der Waals surface area (Å²) >= 11 is 5.28. The van der Waals surface area contributed by atoms with Gasteiger partial charge in [0.2, 0.25) is 0 Å². The summed E-state index contributed by atoms with van der Waals surface area (Å²) in [6, 6.07) is 0. The molecule has 0 heterocycles. The van der Waals surface area contributed by atoms with Crippen LogP contribution in [-0.2, 0) is 0 Å². The molecule has 0 saturated carbocycles. The summed E-state index contributed by atoms with van der Waals surface area (Å²) in [7, 11) is 0. The van der Waals surface area contributed by atoms with Crippen molar-refractivity contribution in [3.63, 3.8) is 0 Å². The van der Waals surface area contributed by atoms with E-state index in [4.69, 9.17) is 23.1 Å². The molecule has 0 spiro atoms. The van der Waals surface area contributed by atoms with Crippen molar-refractivity contribution in [2.75, 3.05) is 6.54 Å². The zero-order valence-electron chi connectivity index (χ0n) is 3.93. The molecule has 46 valence electrons. The molecular weight excluding hydrogens is 135 g/mol. The van der Waals surface area contributed by atoms with E-state index < -0.39 is 0 Å². The number of alkyl halides is 1. The lowest BCUT2D eigenvalue weighted by atomic mass is 10.4. The summed E-state index contributed by atoms with van der Waals surface area (Å²) in [4.78, 5) is 0. The Bertz CT molecular complexity index is 32.1. The van der Waals surface area contributed by atoms with Crippen LogP contribution in [0.5, 0.6) is 0 Å². The first-order chi connectivity index (χ1) is 2.77. The molecule has 0 aromatic heterocycles. The van der Waals surface area contributed by atoms with Crippen molar-refractivity contribution in [3.8, 4) is 0 Å². The molecule has 0 fully saturated rings. The van der Waals surface area contributed by atoms with Crippen molar-refractivity contribution in [2.45, 2.75) is 11.9 Å². The Morgan fingerprint density at radius 1 is 1.57 bits per heavy atom. The first-order valence-electron chi connectivity index (χ1n) is 1.87. The van der Waals surface area contributed by atoms with Crippen LogP contribution < -0.4 is 11.5 Å². The van der Waals surface area contributed by atoms with E-state index in [0.29, 0.717) is 13.0 Å². The van der Waals surface area contributed by atoms with Gasteiger partial charge in [0, 0.05) is 0 Å². The Hall–Kier alpha value is 0.500. The van der Waals surface area contributed by atoms with E-state index in [1.807, 2.05) is 0 Å². The van der Waals surface area contributed by atoms with Crippen molar-refractivity contribution in [1.82, 2.24) is 0 Å². The summed E-state index contributed by atoms with van der Waals surface area (Å²) in [5.74, 6) is 0. The van der Waals surface area contributed by atoms with Gasteiger partial charge in [-0.1, -0.05) is 0 Å². The van der Waals surface area contributed by atoms with Crippen molar-refractivity contribution < 1.29 is 0 Å². The Morgan fingerprint density at radius 3 is 2.00 bits per heavy atom. The zero-order chi connectivity index (χ0) is 4.99. The fourth-order valence-electron chi connectivity index (χ4n) is 0.159. The van der Waals surface area contributed by atoms with Gasteiger partial charge < -0.3 is 11.5 Å². The lowest BCUT2D eigenvalue weighted by Gasteiger charge is -1.94. The lowest BCUT2D eigenvalue weighted by Crippen LogP contribution is -2.16. The van der Waals surface area contributed by atoms with E-state index in [2.05, 4.69) is 0 Å². The molecule has 0 aromatic rings. The third-order valence-corrected chi connectivity index (χ3v) is 0.661. The summed E-state index contributed by atoms with van der Waals surface area (Å²) < 4.78 is 0. The Kier molecular flexibility index (Phi) is 9.73. The topological polar surface area (TPSA) is 52.0 Å². The Labute approximate surface area is 54.6 Å². The monoisotopic (exact) mass is 144 g/mol. The van der Waals surface area contributed by atoms with Crippen LogP contribution in [0.3, 0.4) is 0 Å². The average molecular weight is 145 g/mol. The van der Waals surface area contributed by atoms with Crippen LogP contribution in [-0.4, -0.2) is 12.0 Å². The molecule has 0 aliphatic carbocycles. The van der Waals surface area contributed by atoms with E-state index in [1.165, 1.54) is 0 Å². The van der Waals surface area contributed by atoms with E-state index >= 15 is 0 Å². The molecule has 4 heteroatoms. The molecule has 0 bridgehead atoms. The summed E-state index contributed by atoms with van der Waals surface area (Å²) in [6.45, 7) is 0.574. The first-order valence-corrected chi connectivity index (χ1v) is 2.30. The van der Waals surface area contributed by atoms with Gasteiger partial charge in [-0.2, -0.15) is 0 Å². The minimum absolute atomic E-state index is 0. The molecule has 0 radical (unpaired) electrons. The standard InChI is InChI=1S/C3H9ClN2.ClH/c4-3(6)1-2-5;/h3H,1-2,5-6H2;1H. The molecule has 0 rings (SSSR count). The molecule has 7 heavy (non-hydrogen) atoms. The maximum absolute atomic E-state index is 5.28. The zero-order valence-corrected chi connectivity index (χ0v) is 5.50. The van der Waals surface area contributed by atoms with Crippen LogP contribution in [0.2, 0.25) is 0 Å². The predicted octanol–water partition coefficient (Wildman–Crippen LogP) is 0.281. The second-order valence-corrected chi connectivity index (χ2v) is 1.65. The number of halogens is 2. The van der Waals surface area contributed by atoms with Crippen LogP contribution >= 0.6 is 24.0 Å². The number of hydrogen-bond donors (Lipinski definition) is 2. The summed E-state index contributed by atoms with van der Waals surface area (Å²) in [5.41, 5.74) is 9.90. The lowest BCUT2D eigenvalue weighted by molar-refractivity contribution is 0.789. The van der Waals surface area contributed by atoms with Gasteiger partial charge in [-0.15, -0.1) is 24.0 Å². The number of nitrogens with two attached hydrogens (primary N) is 2. The van der Waals surface area contributed by atoms with Gasteiger partial charge in [-0.05, 0) is 13.0 Å². The van der Waals surface area contributed by atoms with E-state index in [-0.39, 0.29) is 17.9 Å². The maximum atomic E-state index is 5.28. The Balaban J connectivity index is 0. The van der Waals surface area contributed by atoms with E-state index in [0.717, 1.165) is 0 Å². The highest BCUT2D eigenvalue weighted by molar-refractivity contribution is 6.20. The van der Waals surface area contributed by atoms with Crippen LogP contribution in [0.25, 0.3) is 0 Å². The molecule has 4 N–H and O–H groups in total. The largest absolute Gasteiger partial charge is 0.330 e. The van der Waals surface area contributed by atoms with Gasteiger partial charge in [0.1, 0.15) is 0 Å². The number of hydrogen-bond acceptors (Lipinski definition) is 2. The van der Waals surface area contributed by atoms with Gasteiger partial charge >= 0.3 is 0 Å². The van der Waals surface area contributed by atoms with Gasteiger partial charge in [0.05, 0.1) is 5.50 Å². The molecule has 2 nitrogen and oxygen atoms in total. The SMILES string of the molecule is Cl.NCCC(N)Cl. The van der Waals surface area contributed by atoms with Gasteiger partial charge in [-0.25, -0.2) is 0 Å². The fraction of sp³-hybridized carbons (Fsp3) is 1.00.